The van der Waals surface area contributed by atoms with Crippen molar-refractivity contribution < 1.29 is 19.1 Å². The maximum Gasteiger partial charge on any atom is 0.339 e. The number of methoxy groups -OCH3 is 1. The molecule has 3 N–H and O–H groups in total. The Hall–Kier alpha value is -1.60. The number of carbonyl (C=O) groups excluding carboxylic acids is 2. The number of nitrogens with one attached hydrogen (secondary N) is 1. The van der Waals surface area contributed by atoms with E-state index in [-0.39, 0.29) is 24.1 Å². The minimum atomic E-state index is -0.612. The standard InChI is InChI=1S/C13H17BrN2O4/c1-8(6-19-2)16-11(17)7-20-13(18)9-4-3-5-10(15)12(9)14/h3-5,8H,6-7,15H2,1-2H3,(H,16,17). The lowest BCUT2D eigenvalue weighted by atomic mass is 10.2. The summed E-state index contributed by atoms with van der Waals surface area (Å²) in [6.07, 6.45) is 0. The van der Waals surface area contributed by atoms with E-state index in [1.165, 1.54) is 0 Å². The Balaban J connectivity index is 2.51. The summed E-state index contributed by atoms with van der Waals surface area (Å²) in [6.45, 7) is 1.83. The van der Waals surface area contributed by atoms with E-state index in [4.69, 9.17) is 15.2 Å². The number of nitrogens with two attached hydrogens (primary N) is 1. The molecule has 1 unspecified atom stereocenters. The van der Waals surface area contributed by atoms with Crippen LogP contribution in [0.2, 0.25) is 0 Å². The van der Waals surface area contributed by atoms with Crippen LogP contribution in [-0.4, -0.2) is 38.2 Å². The van der Waals surface area contributed by atoms with Gasteiger partial charge >= 0.3 is 5.97 Å². The summed E-state index contributed by atoms with van der Waals surface area (Å²) in [5.74, 6) is -0.998. The van der Waals surface area contributed by atoms with Gasteiger partial charge in [-0.25, -0.2) is 4.79 Å². The lowest BCUT2D eigenvalue weighted by Gasteiger charge is -2.13. The SMILES string of the molecule is COCC(C)NC(=O)COC(=O)c1cccc(N)c1Br. The fourth-order valence-electron chi connectivity index (χ4n) is 1.52. The lowest BCUT2D eigenvalue weighted by Crippen LogP contribution is -2.38. The quantitative estimate of drug-likeness (QED) is 0.600. The summed E-state index contributed by atoms with van der Waals surface area (Å²) in [6, 6.07) is 4.70. The fraction of sp³-hybridized carbons (Fsp3) is 0.385. The van der Waals surface area contributed by atoms with Crippen LogP contribution in [-0.2, 0) is 14.3 Å². The smallest absolute Gasteiger partial charge is 0.339 e. The zero-order valence-electron chi connectivity index (χ0n) is 11.3. The van der Waals surface area contributed by atoms with Gasteiger partial charge in [0.2, 0.25) is 0 Å². The number of amides is 1. The Morgan fingerprint density at radius 3 is 2.80 bits per heavy atom. The van der Waals surface area contributed by atoms with Crippen molar-refractivity contribution in [1.82, 2.24) is 5.32 Å². The minimum Gasteiger partial charge on any atom is -0.452 e. The molecule has 1 amide bonds. The number of ether oxygens (including phenoxy) is 2. The largest absolute Gasteiger partial charge is 0.452 e. The number of anilines is 1. The van der Waals surface area contributed by atoms with Crippen LogP contribution in [0.15, 0.2) is 22.7 Å². The number of hydrogen-bond donors (Lipinski definition) is 2. The lowest BCUT2D eigenvalue weighted by molar-refractivity contribution is -0.125. The molecular formula is C13H17BrN2O4. The van der Waals surface area contributed by atoms with Gasteiger partial charge in [0.15, 0.2) is 6.61 Å². The molecule has 1 aromatic carbocycles. The number of esters is 1. The second kappa shape index (κ2) is 7.86. The number of benzene rings is 1. The molecule has 0 fully saturated rings. The van der Waals surface area contributed by atoms with E-state index in [0.29, 0.717) is 16.8 Å². The summed E-state index contributed by atoms with van der Waals surface area (Å²) >= 11 is 3.21. The summed E-state index contributed by atoms with van der Waals surface area (Å²) in [4.78, 5) is 23.4. The van der Waals surface area contributed by atoms with Gasteiger partial charge in [0.25, 0.3) is 5.91 Å². The third kappa shape index (κ3) is 4.82. The summed E-state index contributed by atoms with van der Waals surface area (Å²) < 4.78 is 10.3. The van der Waals surface area contributed by atoms with Gasteiger partial charge in [-0.2, -0.15) is 0 Å². The molecule has 0 aliphatic carbocycles. The number of hydrogen-bond acceptors (Lipinski definition) is 5. The van der Waals surface area contributed by atoms with Crippen molar-refractivity contribution in [2.75, 3.05) is 26.1 Å². The van der Waals surface area contributed by atoms with Crippen molar-refractivity contribution in [3.05, 3.63) is 28.2 Å². The maximum atomic E-state index is 11.8. The molecule has 0 bridgehead atoms. The molecule has 0 radical (unpaired) electrons. The second-order valence-corrected chi connectivity index (χ2v) is 5.00. The molecule has 0 heterocycles. The zero-order valence-corrected chi connectivity index (χ0v) is 12.9. The van der Waals surface area contributed by atoms with Crippen LogP contribution in [0, 0.1) is 0 Å². The molecule has 6 nitrogen and oxygen atoms in total. The molecule has 0 saturated carbocycles. The van der Waals surface area contributed by atoms with Crippen LogP contribution in [0.4, 0.5) is 5.69 Å². The normalized spacial score (nSPS) is 11.8. The number of carbonyl (C=O) groups is 2. The van der Waals surface area contributed by atoms with E-state index in [0.717, 1.165) is 0 Å². The first-order valence-electron chi connectivity index (χ1n) is 5.95. The molecule has 0 aliphatic rings. The highest BCUT2D eigenvalue weighted by molar-refractivity contribution is 9.10. The van der Waals surface area contributed by atoms with Crippen LogP contribution >= 0.6 is 15.9 Å². The van der Waals surface area contributed by atoms with Crippen molar-refractivity contribution >= 4 is 33.5 Å². The Morgan fingerprint density at radius 2 is 2.15 bits per heavy atom. The van der Waals surface area contributed by atoms with Gasteiger partial charge < -0.3 is 20.5 Å². The van der Waals surface area contributed by atoms with Crippen molar-refractivity contribution in [1.29, 1.82) is 0 Å². The first-order valence-corrected chi connectivity index (χ1v) is 6.74. The van der Waals surface area contributed by atoms with Gasteiger partial charge in [0, 0.05) is 18.8 Å². The van der Waals surface area contributed by atoms with Crippen molar-refractivity contribution in [3.8, 4) is 0 Å². The topological polar surface area (TPSA) is 90.6 Å². The van der Waals surface area contributed by atoms with Crippen molar-refractivity contribution in [2.45, 2.75) is 13.0 Å². The minimum absolute atomic E-state index is 0.148. The van der Waals surface area contributed by atoms with Crippen LogP contribution in [0.3, 0.4) is 0 Å². The van der Waals surface area contributed by atoms with E-state index in [1.54, 1.807) is 32.2 Å². The number of nitrogen functional groups attached to an aromatic ring is 1. The van der Waals surface area contributed by atoms with Gasteiger partial charge in [-0.05, 0) is 35.0 Å². The van der Waals surface area contributed by atoms with E-state index in [2.05, 4.69) is 21.2 Å². The van der Waals surface area contributed by atoms with E-state index in [1.807, 2.05) is 0 Å². The average Bonchev–Trinajstić information content (AvgIpc) is 2.39. The van der Waals surface area contributed by atoms with Crippen molar-refractivity contribution in [3.63, 3.8) is 0 Å². The van der Waals surface area contributed by atoms with Crippen LogP contribution in [0.25, 0.3) is 0 Å². The second-order valence-electron chi connectivity index (χ2n) is 4.21. The van der Waals surface area contributed by atoms with Gasteiger partial charge in [-0.1, -0.05) is 6.07 Å². The molecule has 1 rings (SSSR count). The Labute approximate surface area is 125 Å². The molecule has 0 aromatic heterocycles. The summed E-state index contributed by atoms with van der Waals surface area (Å²) in [5, 5.41) is 2.64. The highest BCUT2D eigenvalue weighted by Gasteiger charge is 2.15. The highest BCUT2D eigenvalue weighted by Crippen LogP contribution is 2.24. The molecule has 7 heteroatoms. The average molecular weight is 345 g/mol. The third-order valence-corrected chi connectivity index (χ3v) is 3.29. The Morgan fingerprint density at radius 1 is 1.45 bits per heavy atom. The molecule has 0 spiro atoms. The Kier molecular flexibility index (Phi) is 6.47. The molecule has 0 saturated heterocycles. The van der Waals surface area contributed by atoms with Crippen LogP contribution in [0.1, 0.15) is 17.3 Å². The van der Waals surface area contributed by atoms with Gasteiger partial charge in [0.05, 0.1) is 16.6 Å². The molecule has 0 aliphatic heterocycles. The van der Waals surface area contributed by atoms with E-state index < -0.39 is 5.97 Å². The van der Waals surface area contributed by atoms with Gasteiger partial charge in [0.1, 0.15) is 0 Å². The zero-order chi connectivity index (χ0) is 15.1. The van der Waals surface area contributed by atoms with Gasteiger partial charge in [-0.15, -0.1) is 0 Å². The first-order chi connectivity index (χ1) is 9.45. The predicted molar refractivity (Wildman–Crippen MR) is 78.3 cm³/mol. The van der Waals surface area contributed by atoms with Gasteiger partial charge in [-0.3, -0.25) is 4.79 Å². The summed E-state index contributed by atoms with van der Waals surface area (Å²) in [5.41, 5.74) is 6.37. The monoisotopic (exact) mass is 344 g/mol. The summed E-state index contributed by atoms with van der Waals surface area (Å²) in [7, 11) is 1.54. The first kappa shape index (κ1) is 16.5. The predicted octanol–water partition coefficient (Wildman–Crippen LogP) is 1.34. The highest BCUT2D eigenvalue weighted by atomic mass is 79.9. The Bertz CT molecular complexity index is 493. The van der Waals surface area contributed by atoms with Crippen LogP contribution < -0.4 is 11.1 Å². The van der Waals surface area contributed by atoms with E-state index in [9.17, 15) is 9.59 Å². The molecule has 1 atom stereocenters. The number of rotatable bonds is 6. The molecule has 20 heavy (non-hydrogen) atoms. The third-order valence-electron chi connectivity index (χ3n) is 2.41. The maximum absolute atomic E-state index is 11.8. The van der Waals surface area contributed by atoms with Crippen molar-refractivity contribution in [2.24, 2.45) is 0 Å². The molecule has 110 valence electrons. The molecular weight excluding hydrogens is 328 g/mol. The number of halogens is 1. The molecule has 1 aromatic rings. The van der Waals surface area contributed by atoms with E-state index >= 15 is 0 Å². The van der Waals surface area contributed by atoms with Crippen LogP contribution in [0.5, 0.6) is 0 Å². The fourth-order valence-corrected chi connectivity index (χ4v) is 1.95.